The van der Waals surface area contributed by atoms with Crippen molar-refractivity contribution in [2.45, 2.75) is 6.61 Å². The Kier molecular flexibility index (Phi) is 6.41. The van der Waals surface area contributed by atoms with Crippen LogP contribution >= 0.6 is 0 Å². The number of nitrogens with one attached hydrogen (secondary N) is 1. The van der Waals surface area contributed by atoms with Gasteiger partial charge in [0.25, 0.3) is 5.91 Å². The van der Waals surface area contributed by atoms with Gasteiger partial charge in [-0.3, -0.25) is 4.79 Å². The van der Waals surface area contributed by atoms with Gasteiger partial charge in [-0.1, -0.05) is 36.4 Å². The Bertz CT molecular complexity index is 866. The van der Waals surface area contributed by atoms with Gasteiger partial charge in [0.15, 0.2) is 0 Å². The number of ether oxygens (including phenoxy) is 2. The molecule has 0 fully saturated rings. The highest BCUT2D eigenvalue weighted by Gasteiger charge is 2.06. The first-order chi connectivity index (χ1) is 13.2. The summed E-state index contributed by atoms with van der Waals surface area (Å²) in [6, 6.07) is 22.6. The van der Waals surface area contributed by atoms with Gasteiger partial charge in [0, 0.05) is 5.56 Å². The number of halogens is 1. The van der Waals surface area contributed by atoms with Crippen molar-refractivity contribution in [3.8, 4) is 11.5 Å². The summed E-state index contributed by atoms with van der Waals surface area (Å²) >= 11 is 0. The van der Waals surface area contributed by atoms with Crippen molar-refractivity contribution in [2.24, 2.45) is 0 Å². The molecule has 0 saturated heterocycles. The second kappa shape index (κ2) is 9.38. The van der Waals surface area contributed by atoms with E-state index in [0.29, 0.717) is 36.8 Å². The summed E-state index contributed by atoms with van der Waals surface area (Å²) in [5.41, 5.74) is 1.58. The number of benzene rings is 3. The molecule has 3 aromatic carbocycles. The molecule has 0 atom stereocenters. The largest absolute Gasteiger partial charge is 0.492 e. The molecular weight excluding hydrogens is 345 g/mol. The number of carbonyl (C=O) groups excluding carboxylic acids is 1. The first-order valence-electron chi connectivity index (χ1n) is 8.64. The van der Waals surface area contributed by atoms with E-state index in [1.807, 2.05) is 36.4 Å². The van der Waals surface area contributed by atoms with Gasteiger partial charge in [0.2, 0.25) is 0 Å². The number of amides is 1. The van der Waals surface area contributed by atoms with E-state index in [-0.39, 0.29) is 11.7 Å². The van der Waals surface area contributed by atoms with Crippen LogP contribution in [0.3, 0.4) is 0 Å². The summed E-state index contributed by atoms with van der Waals surface area (Å²) in [6.45, 7) is 1.07. The van der Waals surface area contributed by atoms with Crippen molar-refractivity contribution in [2.75, 3.05) is 13.2 Å². The molecule has 0 bridgehead atoms. The molecule has 27 heavy (non-hydrogen) atoms. The molecular formula is C22H20FNO3. The quantitative estimate of drug-likeness (QED) is 0.608. The van der Waals surface area contributed by atoms with Gasteiger partial charge in [-0.05, 0) is 48.0 Å². The van der Waals surface area contributed by atoms with E-state index in [2.05, 4.69) is 5.32 Å². The third-order valence-electron chi connectivity index (χ3n) is 3.81. The minimum absolute atomic E-state index is 0.206. The molecule has 138 valence electrons. The summed E-state index contributed by atoms with van der Waals surface area (Å²) in [5, 5.41) is 2.79. The lowest BCUT2D eigenvalue weighted by molar-refractivity contribution is 0.0946. The number of rotatable bonds is 8. The Morgan fingerprint density at radius 3 is 2.41 bits per heavy atom. The van der Waals surface area contributed by atoms with E-state index in [4.69, 9.17) is 9.47 Å². The third kappa shape index (κ3) is 5.85. The van der Waals surface area contributed by atoms with E-state index in [1.54, 1.807) is 30.3 Å². The summed E-state index contributed by atoms with van der Waals surface area (Å²) in [6.07, 6.45) is 0. The predicted octanol–water partition coefficient (Wildman–Crippen LogP) is 4.21. The number of carbonyl (C=O) groups is 1. The van der Waals surface area contributed by atoms with Crippen LogP contribution in [0, 0.1) is 5.82 Å². The molecule has 0 radical (unpaired) electrons. The van der Waals surface area contributed by atoms with Gasteiger partial charge in [-0.15, -0.1) is 0 Å². The van der Waals surface area contributed by atoms with E-state index in [1.165, 1.54) is 12.1 Å². The average molecular weight is 365 g/mol. The van der Waals surface area contributed by atoms with Gasteiger partial charge in [0.1, 0.15) is 30.5 Å². The molecule has 4 nitrogen and oxygen atoms in total. The van der Waals surface area contributed by atoms with Crippen LogP contribution in [0.5, 0.6) is 11.5 Å². The van der Waals surface area contributed by atoms with E-state index < -0.39 is 0 Å². The Morgan fingerprint density at radius 2 is 1.63 bits per heavy atom. The molecule has 1 N–H and O–H groups in total. The van der Waals surface area contributed by atoms with Crippen LogP contribution in [0.1, 0.15) is 15.9 Å². The second-order valence-corrected chi connectivity index (χ2v) is 5.86. The molecule has 0 aromatic heterocycles. The van der Waals surface area contributed by atoms with Crippen LogP contribution < -0.4 is 14.8 Å². The standard InChI is InChI=1S/C22H20FNO3/c23-19-9-11-20(12-10-19)26-14-13-24-22(25)18-7-4-8-21(15-18)27-16-17-5-2-1-3-6-17/h1-12,15H,13-14,16H2,(H,24,25). The molecule has 0 heterocycles. The lowest BCUT2D eigenvalue weighted by Crippen LogP contribution is -2.28. The molecule has 3 rings (SSSR count). The molecule has 0 saturated carbocycles. The molecule has 0 aliphatic heterocycles. The minimum atomic E-state index is -0.315. The zero-order valence-corrected chi connectivity index (χ0v) is 14.7. The minimum Gasteiger partial charge on any atom is -0.492 e. The Hall–Kier alpha value is -3.34. The topological polar surface area (TPSA) is 47.6 Å². The molecule has 5 heteroatoms. The van der Waals surface area contributed by atoms with Crippen molar-refractivity contribution in [1.29, 1.82) is 0 Å². The second-order valence-electron chi connectivity index (χ2n) is 5.86. The monoisotopic (exact) mass is 365 g/mol. The lowest BCUT2D eigenvalue weighted by Gasteiger charge is -2.10. The summed E-state index contributed by atoms with van der Waals surface area (Å²) in [4.78, 5) is 12.3. The molecule has 0 unspecified atom stereocenters. The van der Waals surface area contributed by atoms with Gasteiger partial charge < -0.3 is 14.8 Å². The van der Waals surface area contributed by atoms with Crippen molar-refractivity contribution in [3.63, 3.8) is 0 Å². The highest BCUT2D eigenvalue weighted by atomic mass is 19.1. The maximum Gasteiger partial charge on any atom is 0.251 e. The van der Waals surface area contributed by atoms with Gasteiger partial charge >= 0.3 is 0 Å². The molecule has 0 spiro atoms. The highest BCUT2D eigenvalue weighted by Crippen LogP contribution is 2.15. The summed E-state index contributed by atoms with van der Waals surface area (Å²) in [7, 11) is 0. The first-order valence-corrected chi connectivity index (χ1v) is 8.64. The zero-order valence-electron chi connectivity index (χ0n) is 14.7. The van der Waals surface area contributed by atoms with Crippen LogP contribution in [0.25, 0.3) is 0 Å². The van der Waals surface area contributed by atoms with Crippen LogP contribution in [-0.2, 0) is 6.61 Å². The van der Waals surface area contributed by atoms with Crippen LogP contribution in [0.4, 0.5) is 4.39 Å². The SMILES string of the molecule is O=C(NCCOc1ccc(F)cc1)c1cccc(OCc2ccccc2)c1. The van der Waals surface area contributed by atoms with Crippen LogP contribution in [0.2, 0.25) is 0 Å². The summed E-state index contributed by atoms with van der Waals surface area (Å²) in [5.74, 6) is 0.670. The predicted molar refractivity (Wildman–Crippen MR) is 101 cm³/mol. The van der Waals surface area contributed by atoms with Crippen molar-refractivity contribution >= 4 is 5.91 Å². The molecule has 3 aromatic rings. The number of hydrogen-bond acceptors (Lipinski definition) is 3. The van der Waals surface area contributed by atoms with Crippen molar-refractivity contribution < 1.29 is 18.7 Å². The van der Waals surface area contributed by atoms with Crippen molar-refractivity contribution in [3.05, 3.63) is 95.8 Å². The average Bonchev–Trinajstić information content (AvgIpc) is 2.72. The first kappa shape index (κ1) is 18.5. The lowest BCUT2D eigenvalue weighted by atomic mass is 10.2. The van der Waals surface area contributed by atoms with E-state index in [0.717, 1.165) is 5.56 Å². The van der Waals surface area contributed by atoms with Gasteiger partial charge in [0.05, 0.1) is 6.54 Å². The normalized spacial score (nSPS) is 10.3. The fourth-order valence-corrected chi connectivity index (χ4v) is 2.43. The molecule has 0 aliphatic rings. The van der Waals surface area contributed by atoms with Gasteiger partial charge in [-0.2, -0.15) is 0 Å². The zero-order chi connectivity index (χ0) is 18.9. The third-order valence-corrected chi connectivity index (χ3v) is 3.81. The molecule has 0 aliphatic carbocycles. The maximum atomic E-state index is 12.8. The molecule has 1 amide bonds. The van der Waals surface area contributed by atoms with Crippen LogP contribution in [-0.4, -0.2) is 19.1 Å². The maximum absolute atomic E-state index is 12.8. The van der Waals surface area contributed by atoms with Gasteiger partial charge in [-0.25, -0.2) is 4.39 Å². The van der Waals surface area contributed by atoms with E-state index in [9.17, 15) is 9.18 Å². The fraction of sp³-hybridized carbons (Fsp3) is 0.136. The van der Waals surface area contributed by atoms with Crippen LogP contribution in [0.15, 0.2) is 78.9 Å². The Morgan fingerprint density at radius 1 is 0.852 bits per heavy atom. The Balaban J connectivity index is 1.46. The smallest absolute Gasteiger partial charge is 0.251 e. The fourth-order valence-electron chi connectivity index (χ4n) is 2.43. The number of hydrogen-bond donors (Lipinski definition) is 1. The highest BCUT2D eigenvalue weighted by molar-refractivity contribution is 5.94. The van der Waals surface area contributed by atoms with E-state index >= 15 is 0 Å². The summed E-state index contributed by atoms with van der Waals surface area (Å²) < 4.78 is 24.0. The Labute approximate surface area is 157 Å². The van der Waals surface area contributed by atoms with Crippen molar-refractivity contribution in [1.82, 2.24) is 5.32 Å².